The van der Waals surface area contributed by atoms with Crippen molar-refractivity contribution in [3.8, 4) is 6.07 Å². The second kappa shape index (κ2) is 4.76. The molecule has 1 unspecified atom stereocenters. The van der Waals surface area contributed by atoms with Crippen LogP contribution in [0.5, 0.6) is 0 Å². The summed E-state index contributed by atoms with van der Waals surface area (Å²) in [5.74, 6) is -0.380. The predicted molar refractivity (Wildman–Crippen MR) is 55.9 cm³/mol. The number of ether oxygens (including phenoxy) is 1. The maximum absolute atomic E-state index is 13.3. The lowest BCUT2D eigenvalue weighted by molar-refractivity contribution is 0.170. The Morgan fingerprint density at radius 1 is 1.53 bits per heavy atom. The summed E-state index contributed by atoms with van der Waals surface area (Å²) in [6, 6.07) is 8.28. The van der Waals surface area contributed by atoms with Gasteiger partial charge in [0.25, 0.3) is 0 Å². The van der Waals surface area contributed by atoms with E-state index in [1.54, 1.807) is 25.1 Å². The van der Waals surface area contributed by atoms with Crippen LogP contribution in [0.4, 0.5) is 10.1 Å². The van der Waals surface area contributed by atoms with Gasteiger partial charge in [-0.15, -0.1) is 0 Å². The standard InChI is InChI=1S/C11H13FN2O/c1-11(7-13,8-15-2)14-10-6-4-3-5-9(10)12/h3-6,14H,8H2,1-2H3. The summed E-state index contributed by atoms with van der Waals surface area (Å²) >= 11 is 0. The number of para-hydroxylation sites is 1. The van der Waals surface area contributed by atoms with Crippen molar-refractivity contribution >= 4 is 5.69 Å². The first-order chi connectivity index (χ1) is 7.11. The molecule has 0 heterocycles. The van der Waals surface area contributed by atoms with Gasteiger partial charge in [-0.05, 0) is 19.1 Å². The minimum Gasteiger partial charge on any atom is -0.381 e. The van der Waals surface area contributed by atoms with Crippen LogP contribution in [0.25, 0.3) is 0 Å². The fourth-order valence-electron chi connectivity index (χ4n) is 1.24. The van der Waals surface area contributed by atoms with Crippen LogP contribution in [0.3, 0.4) is 0 Å². The molecule has 80 valence electrons. The summed E-state index contributed by atoms with van der Waals surface area (Å²) in [4.78, 5) is 0. The van der Waals surface area contributed by atoms with Gasteiger partial charge >= 0.3 is 0 Å². The van der Waals surface area contributed by atoms with Crippen molar-refractivity contribution in [3.05, 3.63) is 30.1 Å². The molecule has 1 aromatic rings. The molecule has 0 radical (unpaired) electrons. The average molecular weight is 208 g/mol. The minimum atomic E-state index is -0.920. The van der Waals surface area contributed by atoms with E-state index in [1.165, 1.54) is 13.2 Å². The van der Waals surface area contributed by atoms with E-state index in [4.69, 9.17) is 10.00 Å². The number of benzene rings is 1. The van der Waals surface area contributed by atoms with Crippen LogP contribution in [0.1, 0.15) is 6.92 Å². The number of halogens is 1. The second-order valence-electron chi connectivity index (χ2n) is 3.48. The molecule has 0 aromatic heterocycles. The largest absolute Gasteiger partial charge is 0.381 e. The van der Waals surface area contributed by atoms with Crippen molar-refractivity contribution in [2.24, 2.45) is 0 Å². The van der Waals surface area contributed by atoms with Gasteiger partial charge in [0.2, 0.25) is 0 Å². The minimum absolute atomic E-state index is 0.192. The molecule has 0 saturated heterocycles. The fraction of sp³-hybridized carbons (Fsp3) is 0.364. The van der Waals surface area contributed by atoms with Gasteiger partial charge in [-0.1, -0.05) is 12.1 Å². The molecular formula is C11H13FN2O. The maximum Gasteiger partial charge on any atom is 0.146 e. The van der Waals surface area contributed by atoms with E-state index in [9.17, 15) is 4.39 Å². The molecule has 0 aliphatic heterocycles. The van der Waals surface area contributed by atoms with Crippen LogP contribution in [0.2, 0.25) is 0 Å². The summed E-state index contributed by atoms with van der Waals surface area (Å²) in [5, 5.41) is 11.8. The Morgan fingerprint density at radius 3 is 2.73 bits per heavy atom. The van der Waals surface area contributed by atoms with Gasteiger partial charge in [-0.3, -0.25) is 0 Å². The zero-order valence-electron chi connectivity index (χ0n) is 8.75. The lowest BCUT2D eigenvalue weighted by atomic mass is 10.1. The van der Waals surface area contributed by atoms with E-state index in [1.807, 2.05) is 0 Å². The Labute approximate surface area is 88.5 Å². The topological polar surface area (TPSA) is 45.0 Å². The number of hydrogen-bond acceptors (Lipinski definition) is 3. The molecule has 1 atom stereocenters. The highest BCUT2D eigenvalue weighted by atomic mass is 19.1. The quantitative estimate of drug-likeness (QED) is 0.824. The number of nitrogens with one attached hydrogen (secondary N) is 1. The molecule has 1 aromatic carbocycles. The van der Waals surface area contributed by atoms with E-state index < -0.39 is 5.54 Å². The van der Waals surface area contributed by atoms with Crippen molar-refractivity contribution in [1.29, 1.82) is 5.26 Å². The first-order valence-corrected chi connectivity index (χ1v) is 4.54. The third-order valence-electron chi connectivity index (χ3n) is 1.96. The smallest absolute Gasteiger partial charge is 0.146 e. The third kappa shape index (κ3) is 2.93. The Bertz CT molecular complexity index is 375. The lowest BCUT2D eigenvalue weighted by Crippen LogP contribution is -2.38. The first kappa shape index (κ1) is 11.5. The average Bonchev–Trinajstić information content (AvgIpc) is 2.22. The molecule has 15 heavy (non-hydrogen) atoms. The summed E-state index contributed by atoms with van der Waals surface area (Å²) in [6.07, 6.45) is 0. The van der Waals surface area contributed by atoms with Crippen molar-refractivity contribution < 1.29 is 9.13 Å². The molecule has 1 N–H and O–H groups in total. The predicted octanol–water partition coefficient (Wildman–Crippen LogP) is 2.17. The van der Waals surface area contributed by atoms with Crippen molar-refractivity contribution in [2.45, 2.75) is 12.5 Å². The molecule has 4 heteroatoms. The highest BCUT2D eigenvalue weighted by molar-refractivity contribution is 5.48. The monoisotopic (exact) mass is 208 g/mol. The summed E-state index contributed by atoms with van der Waals surface area (Å²) in [6.45, 7) is 1.85. The van der Waals surface area contributed by atoms with Crippen LogP contribution in [-0.4, -0.2) is 19.3 Å². The molecule has 0 amide bonds. The maximum atomic E-state index is 13.3. The van der Waals surface area contributed by atoms with Crippen molar-refractivity contribution in [2.75, 3.05) is 19.0 Å². The van der Waals surface area contributed by atoms with E-state index in [0.29, 0.717) is 5.69 Å². The third-order valence-corrected chi connectivity index (χ3v) is 1.96. The Kier molecular flexibility index (Phi) is 3.64. The van der Waals surface area contributed by atoms with E-state index >= 15 is 0 Å². The van der Waals surface area contributed by atoms with Crippen LogP contribution in [0.15, 0.2) is 24.3 Å². The molecule has 0 aliphatic carbocycles. The lowest BCUT2D eigenvalue weighted by Gasteiger charge is -2.23. The molecular weight excluding hydrogens is 195 g/mol. The van der Waals surface area contributed by atoms with Crippen LogP contribution in [-0.2, 0) is 4.74 Å². The highest BCUT2D eigenvalue weighted by Crippen LogP contribution is 2.18. The SMILES string of the molecule is COCC(C)(C#N)Nc1ccccc1F. The van der Waals surface area contributed by atoms with Crippen LogP contribution < -0.4 is 5.32 Å². The molecule has 0 fully saturated rings. The first-order valence-electron chi connectivity index (χ1n) is 4.54. The van der Waals surface area contributed by atoms with Gasteiger partial charge < -0.3 is 10.1 Å². The molecule has 3 nitrogen and oxygen atoms in total. The Hall–Kier alpha value is -1.60. The molecule has 0 aliphatic rings. The van der Waals surface area contributed by atoms with Crippen molar-refractivity contribution in [1.82, 2.24) is 0 Å². The number of anilines is 1. The van der Waals surface area contributed by atoms with Crippen LogP contribution in [0, 0.1) is 17.1 Å². The van der Waals surface area contributed by atoms with Gasteiger partial charge in [0.15, 0.2) is 0 Å². The van der Waals surface area contributed by atoms with Gasteiger partial charge in [-0.2, -0.15) is 5.26 Å². The zero-order valence-corrected chi connectivity index (χ0v) is 8.75. The molecule has 0 spiro atoms. The number of rotatable bonds is 4. The second-order valence-corrected chi connectivity index (χ2v) is 3.48. The molecule has 0 bridgehead atoms. The zero-order chi connectivity index (χ0) is 11.3. The number of nitrogens with zero attached hydrogens (tertiary/aromatic N) is 1. The van der Waals surface area contributed by atoms with Gasteiger partial charge in [0, 0.05) is 7.11 Å². The van der Waals surface area contributed by atoms with E-state index in [2.05, 4.69) is 11.4 Å². The highest BCUT2D eigenvalue weighted by Gasteiger charge is 2.24. The van der Waals surface area contributed by atoms with E-state index in [0.717, 1.165) is 0 Å². The Balaban J connectivity index is 2.85. The van der Waals surface area contributed by atoms with Gasteiger partial charge in [0.05, 0.1) is 18.4 Å². The Morgan fingerprint density at radius 2 is 2.20 bits per heavy atom. The van der Waals surface area contributed by atoms with Crippen LogP contribution >= 0.6 is 0 Å². The number of methoxy groups -OCH3 is 1. The summed E-state index contributed by atoms with van der Waals surface area (Å²) in [5.41, 5.74) is -0.615. The number of nitriles is 1. The van der Waals surface area contributed by atoms with Gasteiger partial charge in [-0.25, -0.2) is 4.39 Å². The normalized spacial score (nSPS) is 14.0. The summed E-state index contributed by atoms with van der Waals surface area (Å²) < 4.78 is 18.2. The number of hydrogen-bond donors (Lipinski definition) is 1. The fourth-order valence-corrected chi connectivity index (χ4v) is 1.24. The van der Waals surface area contributed by atoms with Gasteiger partial charge in [0.1, 0.15) is 11.4 Å². The van der Waals surface area contributed by atoms with E-state index in [-0.39, 0.29) is 12.4 Å². The molecule has 1 rings (SSSR count). The summed E-state index contributed by atoms with van der Waals surface area (Å²) in [7, 11) is 1.50. The molecule has 0 saturated carbocycles. The van der Waals surface area contributed by atoms with Crippen molar-refractivity contribution in [3.63, 3.8) is 0 Å².